The maximum Gasteiger partial charge on any atom is 0.252 e. The smallest absolute Gasteiger partial charge is 0.232 e. The van der Waals surface area contributed by atoms with Crippen molar-refractivity contribution in [2.45, 2.75) is 30.0 Å². The third kappa shape index (κ3) is 2.85. The van der Waals surface area contributed by atoms with Gasteiger partial charge in [0.2, 0.25) is 0 Å². The van der Waals surface area contributed by atoms with Crippen LogP contribution in [-0.4, -0.2) is 13.4 Å². The van der Waals surface area contributed by atoms with E-state index in [1.165, 1.54) is 23.1 Å². The molecule has 2 heterocycles. The molecular formula is C11H11ClN2O2S3. The highest BCUT2D eigenvalue weighted by atomic mass is 35.5. The number of halogens is 1. The fourth-order valence-electron chi connectivity index (χ4n) is 2.08. The number of nitrogens with one attached hydrogen (secondary N) is 1. The van der Waals surface area contributed by atoms with Gasteiger partial charge >= 0.3 is 0 Å². The zero-order valence-corrected chi connectivity index (χ0v) is 13.1. The maximum absolute atomic E-state index is 12.0. The SMILES string of the molecule is O=S(=O)(NCc1cc2c(s1)CCC2)c1cnc(Cl)s1. The van der Waals surface area contributed by atoms with Crippen LogP contribution in [0.2, 0.25) is 4.47 Å². The van der Waals surface area contributed by atoms with E-state index in [9.17, 15) is 8.42 Å². The van der Waals surface area contributed by atoms with Crippen LogP contribution in [0.3, 0.4) is 0 Å². The summed E-state index contributed by atoms with van der Waals surface area (Å²) in [6.45, 7) is 0.329. The molecule has 0 unspecified atom stereocenters. The van der Waals surface area contributed by atoms with Crippen LogP contribution in [-0.2, 0) is 29.4 Å². The average molecular weight is 335 g/mol. The molecule has 1 N–H and O–H groups in total. The molecular weight excluding hydrogens is 324 g/mol. The summed E-state index contributed by atoms with van der Waals surface area (Å²) in [6.07, 6.45) is 4.73. The standard InChI is InChI=1S/C11H11ClN2O2S3/c12-11-13-6-10(18-11)19(15,16)14-5-8-4-7-2-1-3-9(7)17-8/h4,6,14H,1-3,5H2. The van der Waals surface area contributed by atoms with Crippen molar-refractivity contribution in [3.63, 3.8) is 0 Å². The Hall–Kier alpha value is -0.470. The molecule has 0 fully saturated rings. The lowest BCUT2D eigenvalue weighted by Crippen LogP contribution is -2.21. The number of sulfonamides is 1. The second kappa shape index (κ2) is 5.14. The molecule has 3 rings (SSSR count). The zero-order valence-electron chi connectivity index (χ0n) is 9.85. The van der Waals surface area contributed by atoms with E-state index in [4.69, 9.17) is 11.6 Å². The Balaban J connectivity index is 1.71. The van der Waals surface area contributed by atoms with Gasteiger partial charge in [-0.2, -0.15) is 0 Å². The summed E-state index contributed by atoms with van der Waals surface area (Å²) in [5.74, 6) is 0. The number of hydrogen-bond acceptors (Lipinski definition) is 5. The summed E-state index contributed by atoms with van der Waals surface area (Å²) in [4.78, 5) is 6.20. The predicted molar refractivity (Wildman–Crippen MR) is 77.5 cm³/mol. The van der Waals surface area contributed by atoms with Crippen LogP contribution >= 0.6 is 34.3 Å². The molecule has 2 aromatic heterocycles. The Morgan fingerprint density at radius 1 is 1.37 bits per heavy atom. The number of hydrogen-bond donors (Lipinski definition) is 1. The number of thiophene rings is 1. The summed E-state index contributed by atoms with van der Waals surface area (Å²) in [7, 11) is -3.50. The molecule has 1 aliphatic carbocycles. The van der Waals surface area contributed by atoms with Gasteiger partial charge in [-0.3, -0.25) is 0 Å². The first-order chi connectivity index (χ1) is 9.04. The summed E-state index contributed by atoms with van der Waals surface area (Å²) in [6, 6.07) is 2.11. The highest BCUT2D eigenvalue weighted by Crippen LogP contribution is 2.31. The van der Waals surface area contributed by atoms with Crippen LogP contribution in [0, 0.1) is 0 Å². The monoisotopic (exact) mass is 334 g/mol. The number of nitrogens with zero attached hydrogens (tertiary/aromatic N) is 1. The van der Waals surface area contributed by atoms with E-state index in [1.807, 2.05) is 0 Å². The van der Waals surface area contributed by atoms with Crippen molar-refractivity contribution in [1.29, 1.82) is 0 Å². The van der Waals surface area contributed by atoms with Gasteiger partial charge in [0.1, 0.15) is 0 Å². The van der Waals surface area contributed by atoms with Crippen molar-refractivity contribution < 1.29 is 8.42 Å². The van der Waals surface area contributed by atoms with Crippen LogP contribution in [0.1, 0.15) is 21.7 Å². The molecule has 0 radical (unpaired) electrons. The lowest BCUT2D eigenvalue weighted by Gasteiger charge is -2.02. The second-order valence-corrected chi connectivity index (χ2v) is 9.10. The molecule has 0 saturated heterocycles. The summed E-state index contributed by atoms with van der Waals surface area (Å²) in [5.41, 5.74) is 1.38. The van der Waals surface area contributed by atoms with E-state index in [2.05, 4.69) is 15.8 Å². The van der Waals surface area contributed by atoms with Crippen LogP contribution in [0.5, 0.6) is 0 Å². The van der Waals surface area contributed by atoms with Crippen LogP contribution in [0.4, 0.5) is 0 Å². The van der Waals surface area contributed by atoms with Gasteiger partial charge in [-0.15, -0.1) is 11.3 Å². The number of rotatable bonds is 4. The minimum absolute atomic E-state index is 0.154. The van der Waals surface area contributed by atoms with E-state index < -0.39 is 10.0 Å². The molecule has 0 amide bonds. The molecule has 2 aromatic rings. The van der Waals surface area contributed by atoms with E-state index >= 15 is 0 Å². The molecule has 0 aromatic carbocycles. The van der Waals surface area contributed by atoms with Crippen LogP contribution in [0.25, 0.3) is 0 Å². The third-order valence-corrected chi connectivity index (χ3v) is 7.17. The maximum atomic E-state index is 12.0. The van der Waals surface area contributed by atoms with E-state index in [-0.39, 0.29) is 8.68 Å². The second-order valence-electron chi connectivity index (χ2n) is 4.27. The van der Waals surface area contributed by atoms with Gasteiger partial charge in [0.25, 0.3) is 10.0 Å². The van der Waals surface area contributed by atoms with Gasteiger partial charge in [0.15, 0.2) is 8.68 Å². The molecule has 1 aliphatic rings. The van der Waals surface area contributed by atoms with Gasteiger partial charge in [0, 0.05) is 16.3 Å². The molecule has 0 aliphatic heterocycles. The topological polar surface area (TPSA) is 59.1 Å². The first-order valence-corrected chi connectivity index (χ1v) is 9.25. The van der Waals surface area contributed by atoms with Crippen molar-refractivity contribution in [1.82, 2.24) is 9.71 Å². The number of aryl methyl sites for hydroxylation is 2. The van der Waals surface area contributed by atoms with Crippen molar-refractivity contribution in [2.75, 3.05) is 0 Å². The summed E-state index contributed by atoms with van der Waals surface area (Å²) >= 11 is 8.31. The largest absolute Gasteiger partial charge is 0.252 e. The number of aromatic nitrogens is 1. The first kappa shape index (κ1) is 13.5. The minimum Gasteiger partial charge on any atom is -0.232 e. The van der Waals surface area contributed by atoms with E-state index in [0.29, 0.717) is 6.54 Å². The Morgan fingerprint density at radius 2 is 2.21 bits per heavy atom. The average Bonchev–Trinajstić information content (AvgIpc) is 3.00. The van der Waals surface area contributed by atoms with Gasteiger partial charge in [-0.1, -0.05) is 22.9 Å². The fourth-order valence-corrected chi connectivity index (χ4v) is 5.71. The summed E-state index contributed by atoms with van der Waals surface area (Å²) < 4.78 is 27.0. The van der Waals surface area contributed by atoms with Crippen LogP contribution < -0.4 is 4.72 Å². The van der Waals surface area contributed by atoms with E-state index in [0.717, 1.165) is 29.1 Å². The van der Waals surface area contributed by atoms with Crippen LogP contribution in [0.15, 0.2) is 16.5 Å². The van der Waals surface area contributed by atoms with Gasteiger partial charge in [0.05, 0.1) is 6.20 Å². The van der Waals surface area contributed by atoms with E-state index in [1.54, 1.807) is 11.3 Å². The summed E-state index contributed by atoms with van der Waals surface area (Å²) in [5, 5.41) is 0. The molecule has 0 saturated carbocycles. The molecule has 8 heteroatoms. The Kier molecular flexibility index (Phi) is 3.65. The third-order valence-electron chi connectivity index (χ3n) is 2.96. The lowest BCUT2D eigenvalue weighted by atomic mass is 10.2. The highest BCUT2D eigenvalue weighted by molar-refractivity contribution is 7.91. The van der Waals surface area contributed by atoms with Crippen molar-refractivity contribution >= 4 is 44.3 Å². The Labute approximate surface area is 124 Å². The fraction of sp³-hybridized carbons (Fsp3) is 0.364. The van der Waals surface area contributed by atoms with Crippen molar-refractivity contribution in [3.05, 3.63) is 32.0 Å². The van der Waals surface area contributed by atoms with Crippen molar-refractivity contribution in [2.24, 2.45) is 0 Å². The predicted octanol–water partition coefficient (Wildman–Crippen LogP) is 2.83. The molecule has 0 spiro atoms. The van der Waals surface area contributed by atoms with Gasteiger partial charge < -0.3 is 0 Å². The quantitative estimate of drug-likeness (QED) is 0.935. The molecule has 0 bridgehead atoms. The zero-order chi connectivity index (χ0) is 13.5. The van der Waals surface area contributed by atoms with Crippen molar-refractivity contribution in [3.8, 4) is 0 Å². The lowest BCUT2D eigenvalue weighted by molar-refractivity contribution is 0.583. The Bertz CT molecular complexity index is 684. The molecule has 4 nitrogen and oxygen atoms in total. The van der Waals surface area contributed by atoms with Gasteiger partial charge in [-0.05, 0) is 30.9 Å². The molecule has 19 heavy (non-hydrogen) atoms. The first-order valence-electron chi connectivity index (χ1n) is 5.76. The molecule has 102 valence electrons. The van der Waals surface area contributed by atoms with Gasteiger partial charge in [-0.25, -0.2) is 18.1 Å². The normalized spacial score (nSPS) is 14.8. The highest BCUT2D eigenvalue weighted by Gasteiger charge is 2.19. The minimum atomic E-state index is -3.50. The molecule has 0 atom stereocenters. The Morgan fingerprint density at radius 3 is 2.89 bits per heavy atom. The number of thiazole rings is 1. The number of fused-ring (bicyclic) bond motifs is 1.